The molecule has 0 aliphatic carbocycles. The standard InChI is InChI=1S/C11H9ClF2/c12-8-3-1-2-5-9-10(13)6-4-7-11(9)14/h4,6-7H,1,3,8H2. The van der Waals surface area contributed by atoms with Crippen molar-refractivity contribution in [2.75, 3.05) is 5.88 Å². The van der Waals surface area contributed by atoms with Gasteiger partial charge in [0.1, 0.15) is 11.6 Å². The van der Waals surface area contributed by atoms with E-state index in [4.69, 9.17) is 11.6 Å². The number of alkyl halides is 1. The maximum Gasteiger partial charge on any atom is 0.141 e. The van der Waals surface area contributed by atoms with Gasteiger partial charge in [0.25, 0.3) is 0 Å². The van der Waals surface area contributed by atoms with E-state index in [0.29, 0.717) is 12.3 Å². The Labute approximate surface area is 86.9 Å². The molecular formula is C11H9ClF2. The summed E-state index contributed by atoms with van der Waals surface area (Å²) in [7, 11) is 0. The first-order valence-electron chi connectivity index (χ1n) is 4.24. The minimum absolute atomic E-state index is 0.165. The molecule has 0 aliphatic rings. The van der Waals surface area contributed by atoms with E-state index in [-0.39, 0.29) is 5.56 Å². The van der Waals surface area contributed by atoms with Crippen LogP contribution in [0.15, 0.2) is 18.2 Å². The highest BCUT2D eigenvalue weighted by Crippen LogP contribution is 2.10. The predicted octanol–water partition coefficient (Wildman–Crippen LogP) is 3.34. The Morgan fingerprint density at radius 2 is 1.86 bits per heavy atom. The van der Waals surface area contributed by atoms with Crippen LogP contribution in [0.25, 0.3) is 0 Å². The smallest absolute Gasteiger partial charge is 0.141 e. The molecule has 0 amide bonds. The Kier molecular flexibility index (Phi) is 4.42. The second-order valence-corrected chi connectivity index (χ2v) is 3.07. The van der Waals surface area contributed by atoms with E-state index in [2.05, 4.69) is 11.8 Å². The highest BCUT2D eigenvalue weighted by Gasteiger charge is 2.03. The van der Waals surface area contributed by atoms with E-state index in [0.717, 1.165) is 6.42 Å². The van der Waals surface area contributed by atoms with Gasteiger partial charge in [-0.2, -0.15) is 0 Å². The van der Waals surface area contributed by atoms with Crippen molar-refractivity contribution in [1.82, 2.24) is 0 Å². The number of halogens is 3. The third-order valence-corrected chi connectivity index (χ3v) is 1.88. The molecule has 0 bridgehead atoms. The van der Waals surface area contributed by atoms with Crippen molar-refractivity contribution in [1.29, 1.82) is 0 Å². The average molecular weight is 215 g/mol. The minimum atomic E-state index is -0.622. The molecule has 14 heavy (non-hydrogen) atoms. The van der Waals surface area contributed by atoms with Gasteiger partial charge in [0.15, 0.2) is 0 Å². The predicted molar refractivity (Wildman–Crippen MR) is 53.2 cm³/mol. The molecule has 0 heterocycles. The first-order valence-corrected chi connectivity index (χ1v) is 4.78. The zero-order valence-corrected chi connectivity index (χ0v) is 8.24. The topological polar surface area (TPSA) is 0 Å². The Hall–Kier alpha value is -1.07. The van der Waals surface area contributed by atoms with Crippen LogP contribution in [0.3, 0.4) is 0 Å². The Morgan fingerprint density at radius 1 is 1.21 bits per heavy atom. The van der Waals surface area contributed by atoms with Crippen LogP contribution in [0.2, 0.25) is 0 Å². The zero-order chi connectivity index (χ0) is 10.4. The fourth-order valence-electron chi connectivity index (χ4n) is 0.923. The van der Waals surface area contributed by atoms with Crippen molar-refractivity contribution >= 4 is 11.6 Å². The maximum atomic E-state index is 13.0. The molecule has 0 fully saturated rings. The summed E-state index contributed by atoms with van der Waals surface area (Å²) in [5.74, 6) is 4.39. The van der Waals surface area contributed by atoms with E-state index in [1.54, 1.807) is 0 Å². The Bertz CT molecular complexity index is 343. The quantitative estimate of drug-likeness (QED) is 0.403. The fraction of sp³-hybridized carbons (Fsp3) is 0.273. The monoisotopic (exact) mass is 214 g/mol. The van der Waals surface area contributed by atoms with Crippen LogP contribution in [-0.4, -0.2) is 5.88 Å². The second kappa shape index (κ2) is 5.62. The van der Waals surface area contributed by atoms with Crippen LogP contribution < -0.4 is 0 Å². The van der Waals surface area contributed by atoms with E-state index >= 15 is 0 Å². The molecule has 0 atom stereocenters. The molecule has 0 unspecified atom stereocenters. The van der Waals surface area contributed by atoms with Gasteiger partial charge in [0, 0.05) is 12.3 Å². The summed E-state index contributed by atoms with van der Waals surface area (Å²) in [6.45, 7) is 0. The van der Waals surface area contributed by atoms with Gasteiger partial charge >= 0.3 is 0 Å². The maximum absolute atomic E-state index is 13.0. The number of unbranched alkanes of at least 4 members (excludes halogenated alkanes) is 1. The molecule has 1 aromatic rings. The highest BCUT2D eigenvalue weighted by molar-refractivity contribution is 6.17. The van der Waals surface area contributed by atoms with Gasteiger partial charge in [0.05, 0.1) is 5.56 Å². The number of benzene rings is 1. The van der Waals surface area contributed by atoms with E-state index in [1.165, 1.54) is 18.2 Å². The van der Waals surface area contributed by atoms with Crippen molar-refractivity contribution in [2.45, 2.75) is 12.8 Å². The third kappa shape index (κ3) is 3.01. The van der Waals surface area contributed by atoms with Crippen molar-refractivity contribution in [2.24, 2.45) is 0 Å². The third-order valence-electron chi connectivity index (χ3n) is 1.61. The first kappa shape index (κ1) is 11.0. The molecule has 0 saturated heterocycles. The normalized spacial score (nSPS) is 9.36. The van der Waals surface area contributed by atoms with Crippen LogP contribution in [0.5, 0.6) is 0 Å². The molecular weight excluding hydrogens is 206 g/mol. The summed E-state index contributed by atoms with van der Waals surface area (Å²) in [5.41, 5.74) is -0.165. The summed E-state index contributed by atoms with van der Waals surface area (Å²) in [4.78, 5) is 0. The van der Waals surface area contributed by atoms with Crippen LogP contribution in [0.4, 0.5) is 8.78 Å². The lowest BCUT2D eigenvalue weighted by molar-refractivity contribution is 0.577. The van der Waals surface area contributed by atoms with Crippen molar-refractivity contribution in [3.8, 4) is 11.8 Å². The molecule has 0 aliphatic heterocycles. The van der Waals surface area contributed by atoms with Crippen LogP contribution >= 0.6 is 11.6 Å². The molecule has 1 rings (SSSR count). The zero-order valence-electron chi connectivity index (χ0n) is 7.49. The van der Waals surface area contributed by atoms with Crippen molar-refractivity contribution in [3.63, 3.8) is 0 Å². The number of rotatable bonds is 2. The van der Waals surface area contributed by atoms with Gasteiger partial charge in [-0.15, -0.1) is 11.6 Å². The minimum Gasteiger partial charge on any atom is -0.206 e. The molecule has 0 aromatic heterocycles. The second-order valence-electron chi connectivity index (χ2n) is 2.69. The molecule has 0 spiro atoms. The number of hydrogen-bond donors (Lipinski definition) is 0. The van der Waals surface area contributed by atoms with Crippen LogP contribution in [0, 0.1) is 23.5 Å². The number of hydrogen-bond acceptors (Lipinski definition) is 0. The summed E-state index contributed by atoms with van der Waals surface area (Å²) in [6.07, 6.45) is 1.28. The molecule has 1 aromatic carbocycles. The molecule has 0 saturated carbocycles. The first-order chi connectivity index (χ1) is 6.75. The van der Waals surface area contributed by atoms with Gasteiger partial charge < -0.3 is 0 Å². The molecule has 0 radical (unpaired) electrons. The molecule has 0 nitrogen and oxygen atoms in total. The van der Waals surface area contributed by atoms with Gasteiger partial charge in [-0.1, -0.05) is 17.9 Å². The summed E-state index contributed by atoms with van der Waals surface area (Å²) < 4.78 is 26.0. The lowest BCUT2D eigenvalue weighted by Crippen LogP contribution is -1.88. The molecule has 3 heteroatoms. The van der Waals surface area contributed by atoms with E-state index in [9.17, 15) is 8.78 Å². The van der Waals surface area contributed by atoms with Crippen molar-refractivity contribution < 1.29 is 8.78 Å². The Morgan fingerprint density at radius 3 is 2.43 bits per heavy atom. The summed E-state index contributed by atoms with van der Waals surface area (Å²) >= 11 is 5.43. The lowest BCUT2D eigenvalue weighted by Gasteiger charge is -1.94. The van der Waals surface area contributed by atoms with Crippen LogP contribution in [-0.2, 0) is 0 Å². The average Bonchev–Trinajstić information content (AvgIpc) is 2.16. The fourth-order valence-corrected chi connectivity index (χ4v) is 1.06. The lowest BCUT2D eigenvalue weighted by atomic mass is 10.2. The van der Waals surface area contributed by atoms with Gasteiger partial charge in [-0.3, -0.25) is 0 Å². The largest absolute Gasteiger partial charge is 0.206 e. The van der Waals surface area contributed by atoms with E-state index < -0.39 is 11.6 Å². The summed E-state index contributed by atoms with van der Waals surface area (Å²) in [6, 6.07) is 3.69. The van der Waals surface area contributed by atoms with Crippen molar-refractivity contribution in [3.05, 3.63) is 35.4 Å². The van der Waals surface area contributed by atoms with E-state index in [1.807, 2.05) is 0 Å². The summed E-state index contributed by atoms with van der Waals surface area (Å²) in [5, 5.41) is 0. The van der Waals surface area contributed by atoms with Gasteiger partial charge in [-0.25, -0.2) is 8.78 Å². The SMILES string of the molecule is Fc1cccc(F)c1C#CCCCCl. The molecule has 74 valence electrons. The highest BCUT2D eigenvalue weighted by atomic mass is 35.5. The van der Waals surface area contributed by atoms with Gasteiger partial charge in [-0.05, 0) is 18.6 Å². The van der Waals surface area contributed by atoms with Crippen LogP contribution in [0.1, 0.15) is 18.4 Å². The van der Waals surface area contributed by atoms with Gasteiger partial charge in [0.2, 0.25) is 0 Å². The Balaban J connectivity index is 2.78. The molecule has 0 N–H and O–H groups in total.